The van der Waals surface area contributed by atoms with Gasteiger partial charge in [-0.1, -0.05) is 12.1 Å². The zero-order valence-electron chi connectivity index (χ0n) is 30.4. The molecule has 0 radical (unpaired) electrons. The van der Waals surface area contributed by atoms with Crippen LogP contribution in [-0.2, 0) is 31.8 Å². The number of likely N-dealkylation sites (tertiary alicyclic amines) is 1. The minimum atomic E-state index is -0.798. The van der Waals surface area contributed by atoms with Gasteiger partial charge in [-0.2, -0.15) is 0 Å². The number of hydrogen-bond donors (Lipinski definition) is 2. The summed E-state index contributed by atoms with van der Waals surface area (Å²) in [6, 6.07) is 9.16. The Labute approximate surface area is 289 Å². The van der Waals surface area contributed by atoms with E-state index < -0.39 is 52.8 Å². The molecule has 0 saturated carbocycles. The molecule has 0 aliphatic carbocycles. The van der Waals surface area contributed by atoms with Crippen molar-refractivity contribution in [2.75, 3.05) is 31.5 Å². The molecule has 1 fully saturated rings. The number of aromatic nitrogens is 1. The molecule has 0 unspecified atom stereocenters. The van der Waals surface area contributed by atoms with Gasteiger partial charge >= 0.3 is 18.3 Å². The van der Waals surface area contributed by atoms with Gasteiger partial charge in [-0.25, -0.2) is 23.8 Å². The molecule has 2 aromatic rings. The summed E-state index contributed by atoms with van der Waals surface area (Å²) in [6.07, 6.45) is -1.15. The minimum Gasteiger partial charge on any atom is -0.444 e. The second-order valence-electron chi connectivity index (χ2n) is 15.5. The van der Waals surface area contributed by atoms with Crippen molar-refractivity contribution >= 4 is 30.0 Å². The van der Waals surface area contributed by atoms with Crippen molar-refractivity contribution < 1.29 is 37.8 Å². The highest BCUT2D eigenvalue weighted by atomic mass is 19.1. The van der Waals surface area contributed by atoms with Crippen LogP contribution in [0.4, 0.5) is 24.6 Å². The molecule has 2 atom stereocenters. The van der Waals surface area contributed by atoms with Crippen molar-refractivity contribution in [1.29, 1.82) is 0 Å². The van der Waals surface area contributed by atoms with E-state index in [1.807, 2.05) is 13.0 Å². The van der Waals surface area contributed by atoms with Gasteiger partial charge in [0.2, 0.25) is 5.91 Å². The number of carbonyl (C=O) groups excluding carboxylic acids is 4. The van der Waals surface area contributed by atoms with E-state index in [1.54, 1.807) is 85.4 Å². The second-order valence-corrected chi connectivity index (χ2v) is 15.5. The van der Waals surface area contributed by atoms with Gasteiger partial charge in [0.05, 0.1) is 6.04 Å². The Hall–Kier alpha value is -4.42. The van der Waals surface area contributed by atoms with E-state index in [-0.39, 0.29) is 32.1 Å². The summed E-state index contributed by atoms with van der Waals surface area (Å²) in [5.41, 5.74) is -0.0344. The quantitative estimate of drug-likeness (QED) is 0.296. The van der Waals surface area contributed by atoms with Crippen LogP contribution >= 0.6 is 0 Å². The molecule has 0 spiro atoms. The van der Waals surface area contributed by atoms with Crippen LogP contribution in [-0.4, -0.2) is 88.0 Å². The lowest BCUT2D eigenvalue weighted by Crippen LogP contribution is -2.48. The summed E-state index contributed by atoms with van der Waals surface area (Å²) in [5.74, 6) is -0.798. The Balaban J connectivity index is 1.81. The lowest BCUT2D eigenvalue weighted by Gasteiger charge is -2.28. The van der Waals surface area contributed by atoms with Gasteiger partial charge in [0, 0.05) is 31.2 Å². The van der Waals surface area contributed by atoms with Crippen LogP contribution in [0.15, 0.2) is 36.4 Å². The molecule has 2 N–H and O–H groups in total. The highest BCUT2D eigenvalue weighted by molar-refractivity contribution is 5.84. The van der Waals surface area contributed by atoms with Gasteiger partial charge in [0.1, 0.15) is 35.0 Å². The predicted octanol–water partition coefficient (Wildman–Crippen LogP) is 6.25. The Bertz CT molecular complexity index is 1500. The monoisotopic (exact) mass is 685 g/mol. The number of amides is 4. The summed E-state index contributed by atoms with van der Waals surface area (Å²) in [5, 5.41) is 5.70. The summed E-state index contributed by atoms with van der Waals surface area (Å²) in [6.45, 7) is 18.0. The number of benzene rings is 1. The molecule has 4 amide bonds. The topological polar surface area (TPSA) is 139 Å². The van der Waals surface area contributed by atoms with E-state index in [9.17, 15) is 23.6 Å². The number of rotatable bonds is 9. The molecule has 1 saturated heterocycles. The Morgan fingerprint density at radius 2 is 1.57 bits per heavy atom. The average Bonchev–Trinajstić information content (AvgIpc) is 3.29. The van der Waals surface area contributed by atoms with E-state index >= 15 is 0 Å². The zero-order valence-corrected chi connectivity index (χ0v) is 30.4. The van der Waals surface area contributed by atoms with Crippen molar-refractivity contribution in [3.05, 3.63) is 59.0 Å². The van der Waals surface area contributed by atoms with Crippen molar-refractivity contribution in [2.24, 2.45) is 5.92 Å². The maximum atomic E-state index is 13.8. The van der Waals surface area contributed by atoms with Crippen LogP contribution < -0.4 is 10.6 Å². The van der Waals surface area contributed by atoms with E-state index in [2.05, 4.69) is 15.6 Å². The number of anilines is 1. The first-order chi connectivity index (χ1) is 22.5. The summed E-state index contributed by atoms with van der Waals surface area (Å²) >= 11 is 0. The third-order valence-electron chi connectivity index (χ3n) is 7.11. The maximum Gasteiger partial charge on any atom is 0.413 e. The van der Waals surface area contributed by atoms with Crippen LogP contribution in [0.2, 0.25) is 0 Å². The van der Waals surface area contributed by atoms with E-state index in [0.29, 0.717) is 29.9 Å². The Morgan fingerprint density at radius 3 is 2.18 bits per heavy atom. The average molecular weight is 686 g/mol. The molecule has 0 bridgehead atoms. The SMILES string of the molecule is Cc1cc(C[C@H]2CN(C(=O)OC(C)(C)C)C[C@H]2NC(=O)CN(CCc2cccc(F)c2)C(=O)OC(C)(C)C)nc(NC(=O)OC(C)(C)C)c1. The van der Waals surface area contributed by atoms with Crippen LogP contribution in [0.25, 0.3) is 0 Å². The third kappa shape index (κ3) is 13.9. The molecule has 1 aliphatic rings. The van der Waals surface area contributed by atoms with E-state index in [0.717, 1.165) is 5.56 Å². The fourth-order valence-corrected chi connectivity index (χ4v) is 5.25. The van der Waals surface area contributed by atoms with Gasteiger partial charge in [0.25, 0.3) is 0 Å². The number of hydrogen-bond acceptors (Lipinski definition) is 8. The zero-order chi connectivity index (χ0) is 36.7. The molecule has 13 heteroatoms. The van der Waals surface area contributed by atoms with Crippen molar-refractivity contribution in [1.82, 2.24) is 20.1 Å². The van der Waals surface area contributed by atoms with Crippen molar-refractivity contribution in [2.45, 2.75) is 105 Å². The number of nitrogens with zero attached hydrogens (tertiary/aromatic N) is 3. The van der Waals surface area contributed by atoms with E-state index in [1.165, 1.54) is 17.0 Å². The molecular formula is C36H52FN5O7. The number of carbonyl (C=O) groups is 4. The van der Waals surface area contributed by atoms with Gasteiger partial charge in [-0.05, 0) is 117 Å². The molecule has 2 heterocycles. The lowest BCUT2D eigenvalue weighted by atomic mass is 9.96. The summed E-state index contributed by atoms with van der Waals surface area (Å²) in [7, 11) is 0. The van der Waals surface area contributed by atoms with E-state index in [4.69, 9.17) is 14.2 Å². The molecule has 12 nitrogen and oxygen atoms in total. The maximum absolute atomic E-state index is 13.8. The fourth-order valence-electron chi connectivity index (χ4n) is 5.25. The Morgan fingerprint density at radius 1 is 0.918 bits per heavy atom. The highest BCUT2D eigenvalue weighted by Gasteiger charge is 2.39. The third-order valence-corrected chi connectivity index (χ3v) is 7.11. The summed E-state index contributed by atoms with van der Waals surface area (Å²) in [4.78, 5) is 59.7. The normalized spacial score (nSPS) is 16.5. The first-order valence-corrected chi connectivity index (χ1v) is 16.5. The second kappa shape index (κ2) is 15.9. The first-order valence-electron chi connectivity index (χ1n) is 16.5. The first kappa shape index (κ1) is 39.0. The molecular weight excluding hydrogens is 633 g/mol. The number of nitrogens with one attached hydrogen (secondary N) is 2. The van der Waals surface area contributed by atoms with Crippen molar-refractivity contribution in [3.63, 3.8) is 0 Å². The molecule has 1 aliphatic heterocycles. The number of aryl methyl sites for hydroxylation is 1. The highest BCUT2D eigenvalue weighted by Crippen LogP contribution is 2.25. The fraction of sp³-hybridized carbons (Fsp3) is 0.583. The Kier molecular flexibility index (Phi) is 12.6. The van der Waals surface area contributed by atoms with Crippen molar-refractivity contribution in [3.8, 4) is 0 Å². The van der Waals surface area contributed by atoms with Crippen LogP contribution in [0, 0.1) is 18.7 Å². The van der Waals surface area contributed by atoms with Gasteiger partial charge in [-0.15, -0.1) is 0 Å². The lowest BCUT2D eigenvalue weighted by molar-refractivity contribution is -0.123. The van der Waals surface area contributed by atoms with Gasteiger partial charge < -0.3 is 24.4 Å². The van der Waals surface area contributed by atoms with Crippen LogP contribution in [0.5, 0.6) is 0 Å². The van der Waals surface area contributed by atoms with Gasteiger partial charge in [0.15, 0.2) is 0 Å². The predicted molar refractivity (Wildman–Crippen MR) is 184 cm³/mol. The molecule has 3 rings (SSSR count). The molecule has 270 valence electrons. The summed E-state index contributed by atoms with van der Waals surface area (Å²) < 4.78 is 30.4. The number of pyridine rings is 1. The smallest absolute Gasteiger partial charge is 0.413 e. The largest absolute Gasteiger partial charge is 0.444 e. The number of halogens is 1. The minimum absolute atomic E-state index is 0.116. The van der Waals surface area contributed by atoms with Crippen LogP contribution in [0.1, 0.15) is 79.1 Å². The standard InChI is InChI=1S/C36H52FN5O7/c1-23-16-27(38-29(17-23)40-31(44)47-34(2,3)4)19-25-20-42(33(46)49-36(8,9)10)21-28(25)39-30(43)22-41(32(45)48-35(5,6)7)15-14-24-12-11-13-26(37)18-24/h11-13,16-18,25,28H,14-15,19-22H2,1-10H3,(H,39,43)(H,38,40,44)/t25-,28+/m0/s1. The number of ether oxygens (including phenoxy) is 3. The van der Waals surface area contributed by atoms with Gasteiger partial charge in [-0.3, -0.25) is 15.0 Å². The molecule has 49 heavy (non-hydrogen) atoms. The molecule has 1 aromatic heterocycles. The molecule has 1 aromatic carbocycles. The van der Waals surface area contributed by atoms with Crippen LogP contribution in [0.3, 0.4) is 0 Å².